The third kappa shape index (κ3) is 6.04. The average Bonchev–Trinajstić information content (AvgIpc) is 3.28. The third-order valence-corrected chi connectivity index (χ3v) is 10.8. The van der Waals surface area contributed by atoms with Gasteiger partial charge in [0.1, 0.15) is 0 Å². The van der Waals surface area contributed by atoms with Gasteiger partial charge in [-0.2, -0.15) is 0 Å². The summed E-state index contributed by atoms with van der Waals surface area (Å²) in [4.78, 5) is 4.82. The van der Waals surface area contributed by atoms with Gasteiger partial charge in [0.25, 0.3) is 0 Å². The van der Waals surface area contributed by atoms with E-state index in [0.717, 1.165) is 34.1 Å². The molecule has 10 aromatic carbocycles. The standard InChI is InChI=1S/C54H38N2/c1-5-18-39(19-6-1)41-22-15-28-45(36-41)55(43-24-9-3-10-25-43)53-33-17-32-48-51(53)35-34-49-47-30-13-14-31-50(47)54(38-52(48)49)56(44-26-11-4-12-27-44)46-29-16-23-42(37-46)40-20-7-2-8-21-40/h1-38H. The number of para-hydroxylation sites is 2. The van der Waals surface area contributed by atoms with Crippen LogP contribution in [0, 0.1) is 0 Å². The molecule has 0 atom stereocenters. The topological polar surface area (TPSA) is 6.48 Å². The van der Waals surface area contributed by atoms with Crippen LogP contribution in [-0.4, -0.2) is 0 Å². The molecule has 0 bridgehead atoms. The fourth-order valence-corrected chi connectivity index (χ4v) is 8.21. The Bertz CT molecular complexity index is 2960. The lowest BCUT2D eigenvalue weighted by Gasteiger charge is -2.29. The van der Waals surface area contributed by atoms with Crippen molar-refractivity contribution in [1.29, 1.82) is 0 Å². The van der Waals surface area contributed by atoms with Gasteiger partial charge < -0.3 is 9.80 Å². The van der Waals surface area contributed by atoms with Gasteiger partial charge in [-0.15, -0.1) is 0 Å². The van der Waals surface area contributed by atoms with Crippen molar-refractivity contribution in [2.75, 3.05) is 9.80 Å². The molecule has 0 fully saturated rings. The molecule has 0 radical (unpaired) electrons. The van der Waals surface area contributed by atoms with Crippen LogP contribution in [0.3, 0.4) is 0 Å². The Morgan fingerprint density at radius 3 is 1.12 bits per heavy atom. The maximum absolute atomic E-state index is 2.42. The van der Waals surface area contributed by atoms with Gasteiger partial charge in [-0.25, -0.2) is 0 Å². The zero-order valence-corrected chi connectivity index (χ0v) is 30.8. The Hall–Kier alpha value is -7.42. The maximum Gasteiger partial charge on any atom is 0.0546 e. The molecular weight excluding hydrogens is 677 g/mol. The number of nitrogens with zero attached hydrogens (tertiary/aromatic N) is 2. The molecule has 0 aliphatic rings. The number of anilines is 6. The summed E-state index contributed by atoms with van der Waals surface area (Å²) in [5.41, 5.74) is 11.5. The van der Waals surface area contributed by atoms with Crippen molar-refractivity contribution in [1.82, 2.24) is 0 Å². The van der Waals surface area contributed by atoms with Crippen molar-refractivity contribution in [2.24, 2.45) is 0 Å². The van der Waals surface area contributed by atoms with Crippen LogP contribution in [0.1, 0.15) is 0 Å². The SMILES string of the molecule is c1ccc(-c2cccc(N(c3ccccc3)c3cc4c5cccc(N(c6ccccc6)c6cccc(-c7ccccc7)c6)c5ccc4c4ccccc34)c2)cc1. The molecule has 10 rings (SSSR count). The van der Waals surface area contributed by atoms with Gasteiger partial charge >= 0.3 is 0 Å². The van der Waals surface area contributed by atoms with E-state index in [1.807, 2.05) is 0 Å². The second-order valence-corrected chi connectivity index (χ2v) is 14.1. The molecule has 10 aromatic rings. The lowest BCUT2D eigenvalue weighted by molar-refractivity contribution is 1.30. The van der Waals surface area contributed by atoms with Crippen LogP contribution in [0.5, 0.6) is 0 Å². The normalized spacial score (nSPS) is 11.2. The van der Waals surface area contributed by atoms with Gasteiger partial charge in [0.05, 0.1) is 11.4 Å². The zero-order chi connectivity index (χ0) is 37.3. The van der Waals surface area contributed by atoms with Crippen LogP contribution in [0.4, 0.5) is 34.1 Å². The fourth-order valence-electron chi connectivity index (χ4n) is 8.21. The number of rotatable bonds is 8. The minimum atomic E-state index is 1.11. The molecule has 0 aliphatic heterocycles. The second-order valence-electron chi connectivity index (χ2n) is 14.1. The Kier molecular flexibility index (Phi) is 8.55. The molecule has 0 heterocycles. The summed E-state index contributed by atoms with van der Waals surface area (Å²) in [6.45, 7) is 0. The van der Waals surface area contributed by atoms with Gasteiger partial charge in [0, 0.05) is 33.5 Å². The van der Waals surface area contributed by atoms with E-state index in [1.165, 1.54) is 54.6 Å². The lowest BCUT2D eigenvalue weighted by Crippen LogP contribution is -2.11. The van der Waals surface area contributed by atoms with Crippen molar-refractivity contribution in [3.63, 3.8) is 0 Å². The third-order valence-electron chi connectivity index (χ3n) is 10.8. The van der Waals surface area contributed by atoms with E-state index in [0.29, 0.717) is 0 Å². The zero-order valence-electron chi connectivity index (χ0n) is 30.8. The number of benzene rings is 10. The summed E-state index contributed by atoms with van der Waals surface area (Å²) in [7, 11) is 0. The predicted octanol–water partition coefficient (Wildman–Crippen LogP) is 15.4. The van der Waals surface area contributed by atoms with Crippen molar-refractivity contribution in [2.45, 2.75) is 0 Å². The van der Waals surface area contributed by atoms with Crippen molar-refractivity contribution in [3.8, 4) is 22.3 Å². The minimum absolute atomic E-state index is 1.11. The molecule has 0 unspecified atom stereocenters. The van der Waals surface area contributed by atoms with Crippen LogP contribution in [0.15, 0.2) is 231 Å². The van der Waals surface area contributed by atoms with Crippen LogP contribution in [0.2, 0.25) is 0 Å². The molecule has 0 saturated heterocycles. The average molecular weight is 715 g/mol. The first-order valence-electron chi connectivity index (χ1n) is 19.2. The van der Waals surface area contributed by atoms with Crippen molar-refractivity contribution in [3.05, 3.63) is 231 Å². The molecule has 56 heavy (non-hydrogen) atoms. The van der Waals surface area contributed by atoms with E-state index in [-0.39, 0.29) is 0 Å². The summed E-state index contributed by atoms with van der Waals surface area (Å²) in [5.74, 6) is 0. The minimum Gasteiger partial charge on any atom is -0.310 e. The Morgan fingerprint density at radius 1 is 0.196 bits per heavy atom. The molecule has 0 saturated carbocycles. The van der Waals surface area contributed by atoms with Crippen LogP contribution >= 0.6 is 0 Å². The monoisotopic (exact) mass is 714 g/mol. The summed E-state index contributed by atoms with van der Waals surface area (Å²) < 4.78 is 0. The summed E-state index contributed by atoms with van der Waals surface area (Å²) in [5, 5.41) is 7.27. The maximum atomic E-state index is 2.42. The highest BCUT2D eigenvalue weighted by molar-refractivity contribution is 6.23. The van der Waals surface area contributed by atoms with E-state index >= 15 is 0 Å². The lowest BCUT2D eigenvalue weighted by atomic mass is 9.94. The quantitative estimate of drug-likeness (QED) is 0.145. The van der Waals surface area contributed by atoms with Gasteiger partial charge in [-0.3, -0.25) is 0 Å². The van der Waals surface area contributed by atoms with E-state index < -0.39 is 0 Å². The number of hydrogen-bond donors (Lipinski definition) is 0. The molecule has 0 aromatic heterocycles. The Labute approximate surface area is 327 Å². The summed E-state index contributed by atoms with van der Waals surface area (Å²) in [6.07, 6.45) is 0. The van der Waals surface area contributed by atoms with E-state index in [9.17, 15) is 0 Å². The first kappa shape index (κ1) is 33.2. The second kappa shape index (κ2) is 14.4. The van der Waals surface area contributed by atoms with Gasteiger partial charge in [0.15, 0.2) is 0 Å². The van der Waals surface area contributed by atoms with E-state index in [1.54, 1.807) is 0 Å². The predicted molar refractivity (Wildman–Crippen MR) is 239 cm³/mol. The van der Waals surface area contributed by atoms with Crippen LogP contribution in [0.25, 0.3) is 54.6 Å². The molecule has 0 N–H and O–H groups in total. The summed E-state index contributed by atoms with van der Waals surface area (Å²) >= 11 is 0. The molecule has 264 valence electrons. The van der Waals surface area contributed by atoms with Crippen molar-refractivity contribution < 1.29 is 0 Å². The Morgan fingerprint density at radius 2 is 0.554 bits per heavy atom. The fraction of sp³-hybridized carbons (Fsp3) is 0. The first-order valence-corrected chi connectivity index (χ1v) is 19.2. The van der Waals surface area contributed by atoms with E-state index in [4.69, 9.17) is 0 Å². The highest BCUT2D eigenvalue weighted by Gasteiger charge is 2.21. The first-order chi connectivity index (χ1) is 27.8. The molecular formula is C54H38N2. The van der Waals surface area contributed by atoms with E-state index in [2.05, 4.69) is 240 Å². The smallest absolute Gasteiger partial charge is 0.0546 e. The molecule has 0 aliphatic carbocycles. The highest BCUT2D eigenvalue weighted by Crippen LogP contribution is 2.46. The molecule has 0 spiro atoms. The highest BCUT2D eigenvalue weighted by atomic mass is 15.1. The van der Waals surface area contributed by atoms with Crippen LogP contribution in [-0.2, 0) is 0 Å². The number of hydrogen-bond acceptors (Lipinski definition) is 2. The van der Waals surface area contributed by atoms with Gasteiger partial charge in [0.2, 0.25) is 0 Å². The molecule has 0 amide bonds. The molecule has 2 heteroatoms. The van der Waals surface area contributed by atoms with Gasteiger partial charge in [-0.05, 0) is 104 Å². The van der Waals surface area contributed by atoms with Crippen molar-refractivity contribution >= 4 is 66.4 Å². The Balaban J connectivity index is 1.21. The van der Waals surface area contributed by atoms with Crippen LogP contribution < -0.4 is 9.80 Å². The largest absolute Gasteiger partial charge is 0.310 e. The van der Waals surface area contributed by atoms with Gasteiger partial charge in [-0.1, -0.05) is 170 Å². The summed E-state index contributed by atoms with van der Waals surface area (Å²) in [6, 6.07) is 83.1. The molecule has 2 nitrogen and oxygen atoms in total. The number of fused-ring (bicyclic) bond motifs is 5.